The van der Waals surface area contributed by atoms with Crippen molar-refractivity contribution >= 4 is 0 Å². The van der Waals surface area contributed by atoms with Gasteiger partial charge in [0.15, 0.2) is 0 Å². The van der Waals surface area contributed by atoms with E-state index in [4.69, 9.17) is 0 Å². The van der Waals surface area contributed by atoms with E-state index < -0.39 is 0 Å². The smallest absolute Gasteiger partial charge is 0.0518 e. The molecule has 0 amide bonds. The van der Waals surface area contributed by atoms with Gasteiger partial charge < -0.3 is 5.32 Å². The number of nitrogens with zero attached hydrogens (tertiary/aromatic N) is 2. The summed E-state index contributed by atoms with van der Waals surface area (Å²) in [5.41, 5.74) is 0.493. The second-order valence-electron chi connectivity index (χ2n) is 5.22. The van der Waals surface area contributed by atoms with Crippen molar-refractivity contribution in [3.8, 4) is 0 Å². The van der Waals surface area contributed by atoms with Crippen LogP contribution in [0, 0.1) is 11.3 Å². The van der Waals surface area contributed by atoms with Gasteiger partial charge in [0, 0.05) is 31.7 Å². The van der Waals surface area contributed by atoms with E-state index in [2.05, 4.69) is 35.9 Å². The van der Waals surface area contributed by atoms with Gasteiger partial charge in [-0.3, -0.25) is 9.80 Å². The first kappa shape index (κ1) is 10.4. The summed E-state index contributed by atoms with van der Waals surface area (Å²) in [6.45, 7) is 14.2. The van der Waals surface area contributed by atoms with Crippen molar-refractivity contribution in [1.82, 2.24) is 15.1 Å². The predicted octanol–water partition coefficient (Wildman–Crippen LogP) is 0.785. The average Bonchev–Trinajstić information content (AvgIpc) is 2.17. The number of hydrogen-bond acceptors (Lipinski definition) is 3. The molecule has 2 fully saturated rings. The third-order valence-corrected chi connectivity index (χ3v) is 3.96. The summed E-state index contributed by atoms with van der Waals surface area (Å²) in [6.07, 6.45) is 0. The van der Waals surface area contributed by atoms with Crippen LogP contribution < -0.4 is 5.32 Å². The van der Waals surface area contributed by atoms with Gasteiger partial charge in [0.2, 0.25) is 0 Å². The molecule has 2 rings (SSSR count). The monoisotopic (exact) mass is 197 g/mol. The fourth-order valence-electron chi connectivity index (χ4n) is 2.79. The van der Waals surface area contributed by atoms with Crippen molar-refractivity contribution in [2.24, 2.45) is 11.3 Å². The second-order valence-corrected chi connectivity index (χ2v) is 5.22. The van der Waals surface area contributed by atoms with Gasteiger partial charge in [0.1, 0.15) is 0 Å². The van der Waals surface area contributed by atoms with Crippen LogP contribution in [-0.2, 0) is 0 Å². The summed E-state index contributed by atoms with van der Waals surface area (Å²) < 4.78 is 0. The third kappa shape index (κ3) is 1.69. The highest BCUT2D eigenvalue weighted by Gasteiger charge is 2.42. The third-order valence-electron chi connectivity index (χ3n) is 3.96. The van der Waals surface area contributed by atoms with Gasteiger partial charge in [-0.05, 0) is 12.5 Å². The molecular weight excluding hydrogens is 174 g/mol. The Morgan fingerprint density at radius 1 is 1.36 bits per heavy atom. The molecule has 2 heterocycles. The Morgan fingerprint density at radius 3 is 2.79 bits per heavy atom. The maximum atomic E-state index is 3.55. The van der Waals surface area contributed by atoms with E-state index in [9.17, 15) is 0 Å². The topological polar surface area (TPSA) is 18.5 Å². The molecule has 0 aliphatic carbocycles. The lowest BCUT2D eigenvalue weighted by molar-refractivity contribution is -0.0621. The van der Waals surface area contributed by atoms with E-state index >= 15 is 0 Å². The number of nitrogens with one attached hydrogen (secondary N) is 1. The standard InChI is InChI=1S/C11H23N3/c1-4-13-6-11(10(2)3)5-12-8-14(7-11)9-13/h10,12H,4-9H2,1-3H3. The zero-order valence-corrected chi connectivity index (χ0v) is 9.71. The van der Waals surface area contributed by atoms with Crippen LogP contribution in [-0.4, -0.2) is 49.3 Å². The lowest BCUT2D eigenvalue weighted by atomic mass is 9.74. The molecule has 14 heavy (non-hydrogen) atoms. The largest absolute Gasteiger partial charge is 0.304 e. The molecule has 2 atom stereocenters. The minimum Gasteiger partial charge on any atom is -0.304 e. The first-order valence-electron chi connectivity index (χ1n) is 5.82. The van der Waals surface area contributed by atoms with Crippen molar-refractivity contribution in [3.63, 3.8) is 0 Å². The van der Waals surface area contributed by atoms with Gasteiger partial charge in [-0.25, -0.2) is 0 Å². The van der Waals surface area contributed by atoms with Crippen LogP contribution >= 0.6 is 0 Å². The van der Waals surface area contributed by atoms with Crippen LogP contribution in [0.25, 0.3) is 0 Å². The highest BCUT2D eigenvalue weighted by atomic mass is 15.4. The molecule has 0 radical (unpaired) electrons. The van der Waals surface area contributed by atoms with Gasteiger partial charge in [-0.15, -0.1) is 0 Å². The van der Waals surface area contributed by atoms with E-state index in [1.807, 2.05) is 0 Å². The first-order chi connectivity index (χ1) is 6.66. The molecule has 2 aliphatic rings. The number of hydrogen-bond donors (Lipinski definition) is 1. The summed E-state index contributed by atoms with van der Waals surface area (Å²) >= 11 is 0. The molecule has 0 aromatic carbocycles. The van der Waals surface area contributed by atoms with Crippen molar-refractivity contribution in [2.75, 3.05) is 39.5 Å². The summed E-state index contributed by atoms with van der Waals surface area (Å²) in [5.74, 6) is 0.771. The minimum absolute atomic E-state index is 0.493. The van der Waals surface area contributed by atoms with Gasteiger partial charge in [-0.1, -0.05) is 20.8 Å². The van der Waals surface area contributed by atoms with Crippen molar-refractivity contribution < 1.29 is 0 Å². The molecule has 0 spiro atoms. The molecule has 0 saturated carbocycles. The minimum atomic E-state index is 0.493. The summed E-state index contributed by atoms with van der Waals surface area (Å²) in [5, 5.41) is 3.55. The van der Waals surface area contributed by atoms with Crippen LogP contribution in [0.1, 0.15) is 20.8 Å². The molecule has 82 valence electrons. The normalized spacial score (nSPS) is 39.0. The highest BCUT2D eigenvalue weighted by Crippen LogP contribution is 2.34. The zero-order chi connectivity index (χ0) is 10.2. The van der Waals surface area contributed by atoms with E-state index in [1.165, 1.54) is 26.2 Å². The van der Waals surface area contributed by atoms with E-state index in [0.717, 1.165) is 19.3 Å². The second kappa shape index (κ2) is 3.80. The SMILES string of the molecule is CCN1CN2CNCC(C(C)C)(C1)C2. The molecule has 2 unspecified atom stereocenters. The van der Waals surface area contributed by atoms with Crippen molar-refractivity contribution in [2.45, 2.75) is 20.8 Å². The number of fused-ring (bicyclic) bond motifs is 2. The van der Waals surface area contributed by atoms with Crippen LogP contribution in [0.3, 0.4) is 0 Å². The van der Waals surface area contributed by atoms with Crippen LogP contribution in [0.2, 0.25) is 0 Å². The maximum Gasteiger partial charge on any atom is 0.0518 e. The Kier molecular flexibility index (Phi) is 2.82. The molecule has 0 aromatic heterocycles. The zero-order valence-electron chi connectivity index (χ0n) is 9.71. The molecule has 2 bridgehead atoms. The molecule has 3 nitrogen and oxygen atoms in total. The van der Waals surface area contributed by atoms with E-state index in [1.54, 1.807) is 0 Å². The highest BCUT2D eigenvalue weighted by molar-refractivity contribution is 4.96. The van der Waals surface area contributed by atoms with E-state index in [0.29, 0.717) is 5.41 Å². The molecule has 1 N–H and O–H groups in total. The van der Waals surface area contributed by atoms with Crippen LogP contribution in [0.15, 0.2) is 0 Å². The Hall–Kier alpha value is -0.120. The molecule has 0 aromatic rings. The summed E-state index contributed by atoms with van der Waals surface area (Å²) in [4.78, 5) is 5.11. The van der Waals surface area contributed by atoms with Crippen LogP contribution in [0.4, 0.5) is 0 Å². The van der Waals surface area contributed by atoms with Gasteiger partial charge >= 0.3 is 0 Å². The molecular formula is C11H23N3. The van der Waals surface area contributed by atoms with Gasteiger partial charge in [0.25, 0.3) is 0 Å². The quantitative estimate of drug-likeness (QED) is 0.706. The number of rotatable bonds is 2. The molecule has 2 saturated heterocycles. The Balaban J connectivity index is 2.13. The van der Waals surface area contributed by atoms with Crippen LogP contribution in [0.5, 0.6) is 0 Å². The molecule has 2 aliphatic heterocycles. The fourth-order valence-corrected chi connectivity index (χ4v) is 2.79. The first-order valence-corrected chi connectivity index (χ1v) is 5.82. The summed E-state index contributed by atoms with van der Waals surface area (Å²) in [7, 11) is 0. The Bertz CT molecular complexity index is 205. The lowest BCUT2D eigenvalue weighted by Gasteiger charge is -2.53. The Labute approximate surface area is 87.4 Å². The Morgan fingerprint density at radius 2 is 2.14 bits per heavy atom. The predicted molar refractivity (Wildman–Crippen MR) is 59.0 cm³/mol. The van der Waals surface area contributed by atoms with Gasteiger partial charge in [-0.2, -0.15) is 0 Å². The summed E-state index contributed by atoms with van der Waals surface area (Å²) in [6, 6.07) is 0. The lowest BCUT2D eigenvalue weighted by Crippen LogP contribution is -2.66. The van der Waals surface area contributed by atoms with Crippen molar-refractivity contribution in [1.29, 1.82) is 0 Å². The fraction of sp³-hybridized carbons (Fsp3) is 1.00. The maximum absolute atomic E-state index is 3.55. The van der Waals surface area contributed by atoms with Gasteiger partial charge in [0.05, 0.1) is 6.67 Å². The van der Waals surface area contributed by atoms with Crippen molar-refractivity contribution in [3.05, 3.63) is 0 Å². The molecule has 3 heteroatoms. The van der Waals surface area contributed by atoms with E-state index in [-0.39, 0.29) is 0 Å². The average molecular weight is 197 g/mol.